The van der Waals surface area contributed by atoms with E-state index in [1.165, 1.54) is 12.8 Å². The molecule has 0 bridgehead atoms. The standard InChI is InChI=1S/C33H29BF2O5/c1-32-25-16-22-15-23-29(30(32)33(22,23)25)40-34(41-32)13-12-21-14-24(35)27(36)26(28(21)38-17-19-8-4-2-5-9-19)31(37)39-18-20-10-6-3-7-11-20/h2-14,22-23,25,29-30H,15-18H2,1H3/b13-12-/t22?,23?,25?,29?,30?,32-,33?/m0/s1. The van der Waals surface area contributed by atoms with Gasteiger partial charge in [0.1, 0.15) is 24.5 Å². The molecule has 41 heavy (non-hydrogen) atoms. The highest BCUT2D eigenvalue weighted by molar-refractivity contribution is 6.52. The molecule has 0 N–H and O–H groups in total. The van der Waals surface area contributed by atoms with Crippen LogP contribution >= 0.6 is 0 Å². The Morgan fingerprint density at radius 2 is 1.76 bits per heavy atom. The molecule has 0 amide bonds. The Morgan fingerprint density at radius 1 is 1.05 bits per heavy atom. The van der Waals surface area contributed by atoms with Crippen molar-refractivity contribution in [3.8, 4) is 5.75 Å². The van der Waals surface area contributed by atoms with Crippen molar-refractivity contribution in [1.29, 1.82) is 0 Å². The molecule has 4 saturated carbocycles. The first kappa shape index (κ1) is 25.2. The highest BCUT2D eigenvalue weighted by Crippen LogP contribution is 2.92. The summed E-state index contributed by atoms with van der Waals surface area (Å²) in [5.74, 6) is 0.645. The average molecular weight is 554 g/mol. The molecule has 1 saturated heterocycles. The van der Waals surface area contributed by atoms with Crippen LogP contribution in [0.25, 0.3) is 6.08 Å². The number of carbonyl (C=O) groups is 1. The van der Waals surface area contributed by atoms with Crippen LogP contribution < -0.4 is 4.74 Å². The van der Waals surface area contributed by atoms with E-state index in [0.29, 0.717) is 23.2 Å². The van der Waals surface area contributed by atoms with Crippen molar-refractivity contribution in [3.63, 3.8) is 0 Å². The molecule has 7 atom stereocenters. The Morgan fingerprint density at radius 3 is 2.46 bits per heavy atom. The summed E-state index contributed by atoms with van der Waals surface area (Å²) in [5, 5.41) is 0. The van der Waals surface area contributed by atoms with Gasteiger partial charge >= 0.3 is 13.1 Å². The fourth-order valence-corrected chi connectivity index (χ4v) is 8.86. The second kappa shape index (κ2) is 9.01. The zero-order valence-electron chi connectivity index (χ0n) is 22.6. The number of hydrogen-bond acceptors (Lipinski definition) is 5. The molecule has 4 aliphatic carbocycles. The van der Waals surface area contributed by atoms with Crippen molar-refractivity contribution in [2.75, 3.05) is 0 Å². The SMILES string of the molecule is C[C@]12OB(/C=C\c3cc(F)c(F)c(C(=O)OCc4ccccc4)c3OCc3ccccc3)OC3C4CC5CC1C54C32. The summed E-state index contributed by atoms with van der Waals surface area (Å²) in [7, 11) is -0.622. The van der Waals surface area contributed by atoms with Crippen LogP contribution in [0.3, 0.4) is 0 Å². The molecule has 5 fully saturated rings. The monoisotopic (exact) mass is 554 g/mol. The minimum atomic E-state index is -1.31. The molecule has 208 valence electrons. The zero-order valence-corrected chi connectivity index (χ0v) is 22.6. The smallest absolute Gasteiger partial charge is 0.486 e. The van der Waals surface area contributed by atoms with E-state index in [2.05, 4.69) is 6.92 Å². The predicted molar refractivity (Wildman–Crippen MR) is 147 cm³/mol. The molecule has 0 radical (unpaired) electrons. The molecule has 1 heterocycles. The Balaban J connectivity index is 1.09. The van der Waals surface area contributed by atoms with Crippen LogP contribution in [0.1, 0.15) is 46.8 Å². The van der Waals surface area contributed by atoms with Crippen molar-refractivity contribution >= 4 is 19.2 Å². The van der Waals surface area contributed by atoms with Crippen LogP contribution in [0.4, 0.5) is 8.78 Å². The Labute approximate surface area is 237 Å². The van der Waals surface area contributed by atoms with Crippen LogP contribution in [-0.2, 0) is 27.3 Å². The van der Waals surface area contributed by atoms with Gasteiger partial charge in [0, 0.05) is 11.5 Å². The number of ether oxygens (including phenoxy) is 2. The number of rotatable bonds is 8. The predicted octanol–water partition coefficient (Wildman–Crippen LogP) is 6.40. The topological polar surface area (TPSA) is 54.0 Å². The fourth-order valence-electron chi connectivity index (χ4n) is 8.86. The van der Waals surface area contributed by atoms with Gasteiger partial charge in [0.15, 0.2) is 11.6 Å². The molecular weight excluding hydrogens is 525 g/mol. The summed E-state index contributed by atoms with van der Waals surface area (Å²) >= 11 is 0. The summed E-state index contributed by atoms with van der Waals surface area (Å²) in [6, 6.07) is 19.4. The van der Waals surface area contributed by atoms with Gasteiger partial charge in [-0.15, -0.1) is 0 Å². The molecule has 3 aromatic carbocycles. The normalized spacial score (nSPS) is 33.4. The third-order valence-corrected chi connectivity index (χ3v) is 10.5. The van der Waals surface area contributed by atoms with Crippen LogP contribution in [0.15, 0.2) is 72.7 Å². The van der Waals surface area contributed by atoms with E-state index in [9.17, 15) is 9.18 Å². The zero-order chi connectivity index (χ0) is 27.9. The molecule has 3 aromatic rings. The average Bonchev–Trinajstić information content (AvgIpc) is 2.96. The maximum atomic E-state index is 15.3. The maximum absolute atomic E-state index is 15.3. The Hall–Kier alpha value is -3.49. The lowest BCUT2D eigenvalue weighted by atomic mass is 9.13. The van der Waals surface area contributed by atoms with Crippen LogP contribution in [-0.4, -0.2) is 24.8 Å². The molecule has 5 nitrogen and oxygen atoms in total. The van der Waals surface area contributed by atoms with Gasteiger partial charge in [0.25, 0.3) is 0 Å². The minimum Gasteiger partial charge on any atom is -0.487 e. The number of fused-ring (bicyclic) bond motifs is 2. The lowest BCUT2D eigenvalue weighted by Crippen LogP contribution is -2.97. The van der Waals surface area contributed by atoms with E-state index in [1.807, 2.05) is 48.5 Å². The van der Waals surface area contributed by atoms with Crippen molar-refractivity contribution in [2.24, 2.45) is 29.1 Å². The van der Waals surface area contributed by atoms with Gasteiger partial charge in [0.2, 0.25) is 0 Å². The van der Waals surface area contributed by atoms with Gasteiger partial charge in [-0.25, -0.2) is 13.6 Å². The first-order valence-corrected chi connectivity index (χ1v) is 14.3. The van der Waals surface area contributed by atoms with Crippen LogP contribution in [0.2, 0.25) is 0 Å². The van der Waals surface area contributed by atoms with E-state index < -0.39 is 30.3 Å². The quantitative estimate of drug-likeness (QED) is 0.238. The number of esters is 1. The number of hydrogen-bond donors (Lipinski definition) is 0. The van der Waals surface area contributed by atoms with Gasteiger partial charge in [-0.2, -0.15) is 0 Å². The molecular formula is C33H29BF2O5. The molecule has 1 aliphatic heterocycles. The summed E-state index contributed by atoms with van der Waals surface area (Å²) in [5.41, 5.74) is 1.43. The minimum absolute atomic E-state index is 0.0522. The maximum Gasteiger partial charge on any atom is 0.486 e. The van der Waals surface area contributed by atoms with Crippen molar-refractivity contribution in [1.82, 2.24) is 0 Å². The second-order valence-corrected chi connectivity index (χ2v) is 12.2. The van der Waals surface area contributed by atoms with E-state index in [1.54, 1.807) is 24.2 Å². The molecule has 1 spiro atoms. The number of halogens is 2. The summed E-state index contributed by atoms with van der Waals surface area (Å²) in [6.07, 6.45) is 4.24. The van der Waals surface area contributed by atoms with Crippen LogP contribution in [0, 0.1) is 40.7 Å². The molecule has 6 unspecified atom stereocenters. The Bertz CT molecular complexity index is 1560. The van der Waals surface area contributed by atoms with E-state index >= 15 is 4.39 Å². The van der Waals surface area contributed by atoms with Gasteiger partial charge in [-0.05, 0) is 60.1 Å². The summed E-state index contributed by atoms with van der Waals surface area (Å²) in [4.78, 5) is 13.2. The molecule has 8 rings (SSSR count). The van der Waals surface area contributed by atoms with Gasteiger partial charge in [0.05, 0.1) is 11.7 Å². The van der Waals surface area contributed by atoms with Crippen molar-refractivity contribution in [3.05, 3.63) is 107 Å². The summed E-state index contributed by atoms with van der Waals surface area (Å²) in [6.45, 7) is 2.16. The van der Waals surface area contributed by atoms with Gasteiger partial charge < -0.3 is 18.8 Å². The van der Waals surface area contributed by atoms with E-state index in [4.69, 9.17) is 18.8 Å². The third-order valence-electron chi connectivity index (χ3n) is 10.5. The fraction of sp³-hybridized carbons (Fsp3) is 0.364. The molecule has 0 aromatic heterocycles. The lowest BCUT2D eigenvalue weighted by Gasteiger charge is -2.94. The summed E-state index contributed by atoms with van der Waals surface area (Å²) < 4.78 is 54.4. The first-order chi connectivity index (χ1) is 19.9. The second-order valence-electron chi connectivity index (χ2n) is 12.2. The number of benzene rings is 3. The molecule has 5 aliphatic rings. The van der Waals surface area contributed by atoms with Crippen LogP contribution in [0.5, 0.6) is 5.75 Å². The van der Waals surface area contributed by atoms with Gasteiger partial charge in [-0.1, -0.05) is 72.7 Å². The first-order valence-electron chi connectivity index (χ1n) is 14.3. The van der Waals surface area contributed by atoms with E-state index in [-0.39, 0.29) is 36.2 Å². The lowest BCUT2D eigenvalue weighted by molar-refractivity contribution is -0.497. The van der Waals surface area contributed by atoms with Crippen molar-refractivity contribution in [2.45, 2.75) is 44.7 Å². The number of carbonyl (C=O) groups excluding carboxylic acids is 1. The molecule has 8 heteroatoms. The van der Waals surface area contributed by atoms with Crippen molar-refractivity contribution < 1.29 is 32.4 Å². The highest BCUT2D eigenvalue weighted by Gasteiger charge is 2.93. The van der Waals surface area contributed by atoms with Gasteiger partial charge in [-0.3, -0.25) is 0 Å². The Kier molecular flexibility index (Phi) is 5.54. The third kappa shape index (κ3) is 3.44. The highest BCUT2D eigenvalue weighted by atomic mass is 19.2. The largest absolute Gasteiger partial charge is 0.487 e. The van der Waals surface area contributed by atoms with E-state index in [0.717, 1.165) is 23.1 Å².